The third-order valence-electron chi connectivity index (χ3n) is 6.32. The van der Waals surface area contributed by atoms with Gasteiger partial charge in [-0.25, -0.2) is 9.83 Å². The maximum atomic E-state index is 9.94. The van der Waals surface area contributed by atoms with Crippen molar-refractivity contribution >= 4 is 5.69 Å². The maximum absolute atomic E-state index is 9.94. The molecule has 1 aliphatic heterocycles. The summed E-state index contributed by atoms with van der Waals surface area (Å²) in [6.07, 6.45) is 6.42. The number of benzene rings is 2. The van der Waals surface area contributed by atoms with Crippen LogP contribution in [0.4, 0.5) is 5.69 Å². The zero-order valence-corrected chi connectivity index (χ0v) is 18.0. The van der Waals surface area contributed by atoms with Crippen LogP contribution in [0.15, 0.2) is 61.1 Å². The van der Waals surface area contributed by atoms with E-state index in [1.807, 2.05) is 36.8 Å². The van der Waals surface area contributed by atoms with E-state index in [0.717, 1.165) is 51.0 Å². The molecular weight excluding hydrogens is 382 g/mol. The van der Waals surface area contributed by atoms with Gasteiger partial charge in [0.1, 0.15) is 0 Å². The van der Waals surface area contributed by atoms with Gasteiger partial charge in [0.05, 0.1) is 30.1 Å². The average molecular weight is 410 g/mol. The van der Waals surface area contributed by atoms with Crippen LogP contribution in [0.2, 0.25) is 0 Å². The Bertz CT molecular complexity index is 1090. The molecule has 156 valence electrons. The van der Waals surface area contributed by atoms with Gasteiger partial charge < -0.3 is 4.57 Å². The Hall–Kier alpha value is -3.41. The normalized spacial score (nSPS) is 15.8. The summed E-state index contributed by atoms with van der Waals surface area (Å²) >= 11 is 0. The Labute approximate surface area is 184 Å². The fourth-order valence-corrected chi connectivity index (χ4v) is 4.29. The standard InChI is InChI=1S/C26H27N5/c1-21-3-5-22(6-4-21)15-26(19-27)11-13-30(14-12-26)18-25-16-29-20-31(25)17-23-7-9-24(28-2)10-8-23/h3-10,16,20H,11-15,17-18H2,1H3. The average Bonchev–Trinajstić information content (AvgIpc) is 3.24. The molecular formula is C26H27N5. The van der Waals surface area contributed by atoms with Crippen molar-refractivity contribution in [1.82, 2.24) is 14.5 Å². The molecule has 0 radical (unpaired) electrons. The van der Waals surface area contributed by atoms with E-state index in [1.54, 1.807) is 0 Å². The van der Waals surface area contributed by atoms with Crippen molar-refractivity contribution in [2.45, 2.75) is 39.3 Å². The van der Waals surface area contributed by atoms with Crippen LogP contribution in [-0.4, -0.2) is 27.5 Å². The molecule has 5 heteroatoms. The highest BCUT2D eigenvalue weighted by Crippen LogP contribution is 2.35. The lowest BCUT2D eigenvalue weighted by atomic mass is 9.75. The predicted octanol–water partition coefficient (Wildman–Crippen LogP) is 5.14. The number of nitrogens with zero attached hydrogens (tertiary/aromatic N) is 5. The van der Waals surface area contributed by atoms with Crippen molar-refractivity contribution in [1.29, 1.82) is 5.26 Å². The Morgan fingerprint density at radius 1 is 1.03 bits per heavy atom. The minimum Gasteiger partial charge on any atom is -0.329 e. The molecule has 2 heterocycles. The van der Waals surface area contributed by atoms with Crippen LogP contribution in [0.5, 0.6) is 0 Å². The first kappa shape index (κ1) is 20.8. The quantitative estimate of drug-likeness (QED) is 0.530. The molecule has 3 aromatic rings. The van der Waals surface area contributed by atoms with Crippen LogP contribution in [0.3, 0.4) is 0 Å². The molecule has 0 unspecified atom stereocenters. The van der Waals surface area contributed by atoms with Gasteiger partial charge in [-0.3, -0.25) is 4.90 Å². The molecule has 5 nitrogen and oxygen atoms in total. The van der Waals surface area contributed by atoms with Crippen LogP contribution in [0, 0.1) is 30.2 Å². The predicted molar refractivity (Wildman–Crippen MR) is 121 cm³/mol. The summed E-state index contributed by atoms with van der Waals surface area (Å²) in [6, 6.07) is 19.0. The molecule has 1 saturated heterocycles. The summed E-state index contributed by atoms with van der Waals surface area (Å²) in [6.45, 7) is 12.6. The molecule has 1 fully saturated rings. The third kappa shape index (κ3) is 5.02. The summed E-state index contributed by atoms with van der Waals surface area (Å²) in [5, 5.41) is 9.94. The molecule has 0 bridgehead atoms. The van der Waals surface area contributed by atoms with Gasteiger partial charge >= 0.3 is 0 Å². The van der Waals surface area contributed by atoms with Crippen molar-refractivity contribution in [3.05, 3.63) is 94.9 Å². The van der Waals surface area contributed by atoms with Crippen molar-refractivity contribution in [3.63, 3.8) is 0 Å². The zero-order valence-electron chi connectivity index (χ0n) is 18.0. The van der Waals surface area contributed by atoms with E-state index in [1.165, 1.54) is 16.8 Å². The number of nitriles is 1. The highest BCUT2D eigenvalue weighted by atomic mass is 15.2. The molecule has 0 N–H and O–H groups in total. The first-order valence-electron chi connectivity index (χ1n) is 10.7. The number of imidazole rings is 1. The molecule has 31 heavy (non-hydrogen) atoms. The lowest BCUT2D eigenvalue weighted by Crippen LogP contribution is -2.40. The number of aromatic nitrogens is 2. The van der Waals surface area contributed by atoms with Crippen molar-refractivity contribution in [2.24, 2.45) is 5.41 Å². The van der Waals surface area contributed by atoms with E-state index in [4.69, 9.17) is 6.57 Å². The summed E-state index contributed by atoms with van der Waals surface area (Å²) < 4.78 is 2.17. The van der Waals surface area contributed by atoms with Crippen molar-refractivity contribution in [3.8, 4) is 6.07 Å². The number of likely N-dealkylation sites (tertiary alicyclic amines) is 1. The summed E-state index contributed by atoms with van der Waals surface area (Å²) in [7, 11) is 0. The minimum absolute atomic E-state index is 0.267. The highest BCUT2D eigenvalue weighted by molar-refractivity contribution is 5.45. The second-order valence-corrected chi connectivity index (χ2v) is 8.62. The van der Waals surface area contributed by atoms with Crippen LogP contribution < -0.4 is 0 Å². The topological polar surface area (TPSA) is 49.2 Å². The zero-order chi connectivity index (χ0) is 21.7. The van der Waals surface area contributed by atoms with Gasteiger partial charge in [0.15, 0.2) is 5.69 Å². The van der Waals surface area contributed by atoms with Crippen molar-refractivity contribution in [2.75, 3.05) is 13.1 Å². The molecule has 4 rings (SSSR count). The van der Waals surface area contributed by atoms with Crippen LogP contribution in [0.25, 0.3) is 4.85 Å². The Balaban J connectivity index is 1.36. The third-order valence-corrected chi connectivity index (χ3v) is 6.32. The fraction of sp³-hybridized carbons (Fsp3) is 0.346. The van der Waals surface area contributed by atoms with Crippen LogP contribution in [-0.2, 0) is 19.5 Å². The van der Waals surface area contributed by atoms with Gasteiger partial charge in [-0.15, -0.1) is 0 Å². The Kier molecular flexibility index (Phi) is 6.16. The second-order valence-electron chi connectivity index (χ2n) is 8.62. The van der Waals surface area contributed by atoms with Gasteiger partial charge in [-0.2, -0.15) is 5.26 Å². The first-order valence-corrected chi connectivity index (χ1v) is 10.7. The van der Waals surface area contributed by atoms with Crippen LogP contribution in [0.1, 0.15) is 35.2 Å². The lowest BCUT2D eigenvalue weighted by molar-refractivity contribution is 0.136. The van der Waals surface area contributed by atoms with E-state index in [-0.39, 0.29) is 5.41 Å². The molecule has 0 saturated carbocycles. The maximum Gasteiger partial charge on any atom is 0.187 e. The van der Waals surface area contributed by atoms with Gasteiger partial charge in [-0.1, -0.05) is 54.1 Å². The van der Waals surface area contributed by atoms with E-state index in [9.17, 15) is 5.26 Å². The van der Waals surface area contributed by atoms with Gasteiger partial charge in [-0.05, 0) is 37.3 Å². The molecule has 2 aromatic carbocycles. The SMILES string of the molecule is [C-]#[N+]c1ccc(Cn2cncc2CN2CCC(C#N)(Cc3ccc(C)cc3)CC2)cc1. The minimum atomic E-state index is -0.267. The van der Waals surface area contributed by atoms with E-state index >= 15 is 0 Å². The second kappa shape index (κ2) is 9.16. The smallest absolute Gasteiger partial charge is 0.187 e. The van der Waals surface area contributed by atoms with Gasteiger partial charge in [0.2, 0.25) is 0 Å². The van der Waals surface area contributed by atoms with E-state index < -0.39 is 0 Å². The molecule has 0 spiro atoms. The number of hydrogen-bond donors (Lipinski definition) is 0. The Morgan fingerprint density at radius 3 is 2.35 bits per heavy atom. The molecule has 1 aliphatic rings. The fourth-order valence-electron chi connectivity index (χ4n) is 4.29. The summed E-state index contributed by atoms with van der Waals surface area (Å²) in [4.78, 5) is 10.2. The monoisotopic (exact) mass is 409 g/mol. The lowest BCUT2D eigenvalue weighted by Gasteiger charge is -2.37. The number of piperidine rings is 1. The number of rotatable bonds is 6. The highest BCUT2D eigenvalue weighted by Gasteiger charge is 2.35. The number of hydrogen-bond acceptors (Lipinski definition) is 3. The molecule has 0 aliphatic carbocycles. The molecule has 0 amide bonds. The first-order chi connectivity index (χ1) is 15.1. The van der Waals surface area contributed by atoms with E-state index in [2.05, 4.69) is 56.6 Å². The van der Waals surface area contributed by atoms with Gasteiger partial charge in [0.25, 0.3) is 0 Å². The Morgan fingerprint density at radius 2 is 1.71 bits per heavy atom. The molecule has 0 atom stereocenters. The van der Waals surface area contributed by atoms with E-state index in [0.29, 0.717) is 5.69 Å². The van der Waals surface area contributed by atoms with Crippen LogP contribution >= 0.6 is 0 Å². The summed E-state index contributed by atoms with van der Waals surface area (Å²) in [5.74, 6) is 0. The number of aryl methyl sites for hydroxylation is 1. The van der Waals surface area contributed by atoms with Gasteiger partial charge in [0, 0.05) is 32.4 Å². The van der Waals surface area contributed by atoms with Crippen molar-refractivity contribution < 1.29 is 0 Å². The molecule has 1 aromatic heterocycles. The summed E-state index contributed by atoms with van der Waals surface area (Å²) in [5.41, 5.74) is 5.24. The largest absolute Gasteiger partial charge is 0.329 e.